The van der Waals surface area contributed by atoms with E-state index < -0.39 is 0 Å². The quantitative estimate of drug-likeness (QED) is 0.701. The maximum atomic E-state index is 12.5. The van der Waals surface area contributed by atoms with Gasteiger partial charge in [-0.05, 0) is 36.5 Å². The third kappa shape index (κ3) is 3.69. The molecule has 26 heavy (non-hydrogen) atoms. The third-order valence-electron chi connectivity index (χ3n) is 4.88. The van der Waals surface area contributed by atoms with Gasteiger partial charge in [-0.3, -0.25) is 4.79 Å². The van der Waals surface area contributed by atoms with Crippen molar-refractivity contribution in [2.24, 2.45) is 0 Å². The summed E-state index contributed by atoms with van der Waals surface area (Å²) >= 11 is 0. The Morgan fingerprint density at radius 2 is 1.92 bits per heavy atom. The fourth-order valence-electron chi connectivity index (χ4n) is 3.42. The summed E-state index contributed by atoms with van der Waals surface area (Å²) in [6.07, 6.45) is 4.42. The first kappa shape index (κ1) is 16.6. The summed E-state index contributed by atoms with van der Waals surface area (Å²) in [5, 5.41) is 3.89. The lowest BCUT2D eigenvalue weighted by atomic mass is 9.89. The smallest absolute Gasteiger partial charge is 0.238 e. The molecule has 4 rings (SSSR count). The number of piperidine rings is 1. The van der Waals surface area contributed by atoms with Crippen LogP contribution in [0.25, 0.3) is 11.6 Å². The molecule has 6 nitrogen and oxygen atoms in total. The van der Waals surface area contributed by atoms with Crippen molar-refractivity contribution in [2.75, 3.05) is 13.1 Å². The number of likely N-dealkylation sites (tertiary alicyclic amines) is 1. The largest absolute Gasteiger partial charge is 0.461 e. The van der Waals surface area contributed by atoms with E-state index in [1.807, 2.05) is 11.0 Å². The molecule has 1 amide bonds. The number of hydrogen-bond donors (Lipinski definition) is 0. The second-order valence-corrected chi connectivity index (χ2v) is 6.55. The van der Waals surface area contributed by atoms with Crippen molar-refractivity contribution in [3.05, 3.63) is 60.2 Å². The lowest BCUT2D eigenvalue weighted by Gasteiger charge is -2.32. The lowest BCUT2D eigenvalue weighted by molar-refractivity contribution is -0.132. The van der Waals surface area contributed by atoms with Crippen LogP contribution in [0.5, 0.6) is 0 Å². The van der Waals surface area contributed by atoms with Crippen molar-refractivity contribution < 1.29 is 13.7 Å². The summed E-state index contributed by atoms with van der Waals surface area (Å²) in [6.45, 7) is 1.61. The van der Waals surface area contributed by atoms with E-state index in [1.54, 1.807) is 18.4 Å². The van der Waals surface area contributed by atoms with Crippen LogP contribution in [0.2, 0.25) is 0 Å². The molecule has 1 aliphatic rings. The highest BCUT2D eigenvalue weighted by Crippen LogP contribution is 2.28. The first-order valence-electron chi connectivity index (χ1n) is 8.99. The summed E-state index contributed by atoms with van der Waals surface area (Å²) in [5.74, 6) is 2.14. The predicted octanol–water partition coefficient (Wildman–Crippen LogP) is 3.67. The minimum atomic E-state index is 0.147. The van der Waals surface area contributed by atoms with Gasteiger partial charge < -0.3 is 13.8 Å². The Morgan fingerprint density at radius 3 is 2.65 bits per heavy atom. The van der Waals surface area contributed by atoms with Crippen LogP contribution in [-0.2, 0) is 11.2 Å². The van der Waals surface area contributed by atoms with Gasteiger partial charge in [-0.25, -0.2) is 0 Å². The third-order valence-corrected chi connectivity index (χ3v) is 4.88. The normalized spacial score (nSPS) is 15.3. The molecule has 134 valence electrons. The molecule has 0 N–H and O–H groups in total. The van der Waals surface area contributed by atoms with E-state index in [1.165, 1.54) is 5.56 Å². The number of furan rings is 1. The van der Waals surface area contributed by atoms with Crippen LogP contribution >= 0.6 is 0 Å². The van der Waals surface area contributed by atoms with Gasteiger partial charge in [0, 0.05) is 25.9 Å². The van der Waals surface area contributed by atoms with Gasteiger partial charge in [0.05, 0.1) is 6.26 Å². The molecule has 1 fully saturated rings. The molecule has 3 heterocycles. The number of carbonyl (C=O) groups is 1. The molecule has 1 aromatic carbocycles. The Bertz CT molecular complexity index is 834. The summed E-state index contributed by atoms with van der Waals surface area (Å²) in [4.78, 5) is 18.7. The number of hydrogen-bond acceptors (Lipinski definition) is 5. The fourth-order valence-corrected chi connectivity index (χ4v) is 3.42. The van der Waals surface area contributed by atoms with Crippen molar-refractivity contribution >= 4 is 5.91 Å². The monoisotopic (exact) mass is 351 g/mol. The Labute approximate surface area is 151 Å². The van der Waals surface area contributed by atoms with Gasteiger partial charge >= 0.3 is 0 Å². The van der Waals surface area contributed by atoms with E-state index in [0.29, 0.717) is 36.2 Å². The summed E-state index contributed by atoms with van der Waals surface area (Å²) in [5.41, 5.74) is 1.37. The van der Waals surface area contributed by atoms with Gasteiger partial charge in [-0.2, -0.15) is 4.98 Å². The highest BCUT2D eigenvalue weighted by molar-refractivity contribution is 5.76. The number of aryl methyl sites for hydroxylation is 1. The van der Waals surface area contributed by atoms with Gasteiger partial charge in [0.15, 0.2) is 5.76 Å². The predicted molar refractivity (Wildman–Crippen MR) is 95.3 cm³/mol. The Kier molecular flexibility index (Phi) is 4.82. The molecular formula is C20H21N3O3. The van der Waals surface area contributed by atoms with E-state index in [2.05, 4.69) is 34.4 Å². The molecule has 0 aliphatic carbocycles. The van der Waals surface area contributed by atoms with Crippen molar-refractivity contribution in [3.8, 4) is 11.6 Å². The molecule has 2 aromatic heterocycles. The van der Waals surface area contributed by atoms with Crippen LogP contribution in [0.3, 0.4) is 0 Å². The van der Waals surface area contributed by atoms with Gasteiger partial charge in [0.2, 0.25) is 17.6 Å². The minimum Gasteiger partial charge on any atom is -0.461 e. The average Bonchev–Trinajstić information content (AvgIpc) is 3.38. The molecule has 1 aliphatic heterocycles. The molecular weight excluding hydrogens is 330 g/mol. The highest BCUT2D eigenvalue weighted by atomic mass is 16.5. The second-order valence-electron chi connectivity index (χ2n) is 6.55. The van der Waals surface area contributed by atoms with Crippen molar-refractivity contribution in [1.82, 2.24) is 15.0 Å². The number of aromatic nitrogens is 2. The Morgan fingerprint density at radius 1 is 1.12 bits per heavy atom. The molecule has 0 atom stereocenters. The summed E-state index contributed by atoms with van der Waals surface area (Å²) in [7, 11) is 0. The maximum Gasteiger partial charge on any atom is 0.238 e. The van der Waals surface area contributed by atoms with Crippen LogP contribution in [-0.4, -0.2) is 34.0 Å². The molecule has 0 radical (unpaired) electrons. The number of carbonyl (C=O) groups excluding carboxylic acids is 1. The molecule has 6 heteroatoms. The zero-order chi connectivity index (χ0) is 17.8. The van der Waals surface area contributed by atoms with Gasteiger partial charge in [0.25, 0.3) is 0 Å². The SMILES string of the molecule is O=C(CCc1nc(-c2ccco2)no1)N1CCC(c2ccccc2)CC1. The zero-order valence-electron chi connectivity index (χ0n) is 14.5. The van der Waals surface area contributed by atoms with E-state index in [0.717, 1.165) is 25.9 Å². The Hall–Kier alpha value is -2.89. The topological polar surface area (TPSA) is 72.4 Å². The minimum absolute atomic E-state index is 0.147. The molecule has 0 spiro atoms. The number of amides is 1. The van der Waals surface area contributed by atoms with Crippen molar-refractivity contribution in [2.45, 2.75) is 31.6 Å². The van der Waals surface area contributed by atoms with Crippen LogP contribution in [0.4, 0.5) is 0 Å². The van der Waals surface area contributed by atoms with Crippen LogP contribution in [0, 0.1) is 0 Å². The van der Waals surface area contributed by atoms with E-state index in [9.17, 15) is 4.79 Å². The van der Waals surface area contributed by atoms with E-state index >= 15 is 0 Å². The van der Waals surface area contributed by atoms with Crippen LogP contribution in [0.15, 0.2) is 57.7 Å². The zero-order valence-corrected chi connectivity index (χ0v) is 14.5. The Balaban J connectivity index is 1.27. The number of rotatable bonds is 5. The van der Waals surface area contributed by atoms with Gasteiger partial charge in [0.1, 0.15) is 0 Å². The van der Waals surface area contributed by atoms with Gasteiger partial charge in [-0.15, -0.1) is 0 Å². The lowest BCUT2D eigenvalue weighted by Crippen LogP contribution is -2.38. The van der Waals surface area contributed by atoms with E-state index in [-0.39, 0.29) is 5.91 Å². The first-order valence-corrected chi connectivity index (χ1v) is 8.99. The van der Waals surface area contributed by atoms with Crippen molar-refractivity contribution in [3.63, 3.8) is 0 Å². The molecule has 0 saturated carbocycles. The first-order chi connectivity index (χ1) is 12.8. The molecule has 0 unspecified atom stereocenters. The molecule has 1 saturated heterocycles. The fraction of sp³-hybridized carbons (Fsp3) is 0.350. The molecule has 0 bridgehead atoms. The van der Waals surface area contributed by atoms with Crippen LogP contribution in [0.1, 0.15) is 36.6 Å². The van der Waals surface area contributed by atoms with Gasteiger partial charge in [-0.1, -0.05) is 35.5 Å². The number of benzene rings is 1. The summed E-state index contributed by atoms with van der Waals surface area (Å²) in [6, 6.07) is 14.1. The van der Waals surface area contributed by atoms with Crippen LogP contribution < -0.4 is 0 Å². The summed E-state index contributed by atoms with van der Waals surface area (Å²) < 4.78 is 10.4. The standard InChI is InChI=1S/C20H21N3O3/c24-19(9-8-18-21-20(22-26-18)17-7-4-14-25-17)23-12-10-16(11-13-23)15-5-2-1-3-6-15/h1-7,14,16H,8-13H2. The molecule has 3 aromatic rings. The number of nitrogens with zero attached hydrogens (tertiary/aromatic N) is 3. The van der Waals surface area contributed by atoms with E-state index in [4.69, 9.17) is 8.94 Å². The average molecular weight is 351 g/mol. The highest BCUT2D eigenvalue weighted by Gasteiger charge is 2.24. The van der Waals surface area contributed by atoms with Crippen molar-refractivity contribution in [1.29, 1.82) is 0 Å². The maximum absolute atomic E-state index is 12.5. The second kappa shape index (κ2) is 7.56.